The monoisotopic (exact) mass is 521 g/mol. The molecule has 0 unspecified atom stereocenters. The number of nitriles is 1. The van der Waals surface area contributed by atoms with E-state index >= 15 is 0 Å². The third-order valence-corrected chi connectivity index (χ3v) is 7.64. The minimum absolute atomic E-state index is 0.00357. The van der Waals surface area contributed by atoms with Crippen LogP contribution in [0.4, 0.5) is 5.13 Å². The highest BCUT2D eigenvalue weighted by Crippen LogP contribution is 2.24. The zero-order valence-electron chi connectivity index (χ0n) is 19.6. The van der Waals surface area contributed by atoms with E-state index in [2.05, 4.69) is 14.7 Å². The minimum atomic E-state index is -3.59. The van der Waals surface area contributed by atoms with E-state index < -0.39 is 15.7 Å². The molecule has 0 fully saturated rings. The summed E-state index contributed by atoms with van der Waals surface area (Å²) in [6.45, 7) is 4.50. The molecular weight excluding hydrogens is 498 g/mol. The van der Waals surface area contributed by atoms with E-state index in [1.165, 1.54) is 13.0 Å². The Bertz CT molecular complexity index is 1580. The molecule has 184 valence electrons. The largest absolute Gasteiger partial charge is 0.492 e. The fourth-order valence-electron chi connectivity index (χ4n) is 3.46. The van der Waals surface area contributed by atoms with Gasteiger partial charge in [0, 0.05) is 34.2 Å². The van der Waals surface area contributed by atoms with Gasteiger partial charge in [0.2, 0.25) is 15.0 Å². The van der Waals surface area contributed by atoms with Gasteiger partial charge in [-0.3, -0.25) is 10.1 Å². The fraction of sp³-hybridized carbons (Fsp3) is 0.200. The van der Waals surface area contributed by atoms with Gasteiger partial charge in [-0.1, -0.05) is 42.8 Å². The number of fused-ring (bicyclic) bond motifs is 1. The summed E-state index contributed by atoms with van der Waals surface area (Å²) in [5.41, 5.74) is 2.64. The molecular formula is C25H23N5O4S2. The van der Waals surface area contributed by atoms with E-state index in [9.17, 15) is 18.5 Å². The third-order valence-electron chi connectivity index (χ3n) is 5.39. The first-order valence-corrected chi connectivity index (χ1v) is 13.5. The molecule has 11 heteroatoms. The fourth-order valence-corrected chi connectivity index (χ4v) is 5.04. The smallest absolute Gasteiger partial charge is 0.268 e. The number of carbonyl (C=O) groups excluding carboxylic acids is 1. The van der Waals surface area contributed by atoms with Crippen LogP contribution in [-0.2, 0) is 21.2 Å². The number of carbonyl (C=O) groups is 1. The van der Waals surface area contributed by atoms with Gasteiger partial charge < -0.3 is 9.30 Å². The van der Waals surface area contributed by atoms with Crippen LogP contribution in [0.5, 0.6) is 5.75 Å². The number of hydrogen-bond acceptors (Lipinski definition) is 8. The molecule has 9 nitrogen and oxygen atoms in total. The van der Waals surface area contributed by atoms with Gasteiger partial charge in [0.15, 0.2) is 0 Å². The van der Waals surface area contributed by atoms with Crippen LogP contribution in [0.1, 0.15) is 18.1 Å². The van der Waals surface area contributed by atoms with Crippen LogP contribution < -0.4 is 10.1 Å². The highest BCUT2D eigenvalue weighted by atomic mass is 32.2. The first kappa shape index (κ1) is 25.1. The lowest BCUT2D eigenvalue weighted by atomic mass is 10.1. The van der Waals surface area contributed by atoms with Crippen molar-refractivity contribution in [3.8, 4) is 11.8 Å². The van der Waals surface area contributed by atoms with Crippen LogP contribution in [0.15, 0.2) is 65.5 Å². The summed E-state index contributed by atoms with van der Waals surface area (Å²) in [6, 6.07) is 17.4. The predicted molar refractivity (Wildman–Crippen MR) is 138 cm³/mol. The molecule has 2 aromatic heterocycles. The van der Waals surface area contributed by atoms with Gasteiger partial charge in [-0.15, -0.1) is 0 Å². The van der Waals surface area contributed by atoms with Crippen molar-refractivity contribution in [3.05, 3.63) is 71.4 Å². The molecule has 0 saturated heterocycles. The third kappa shape index (κ3) is 5.62. The van der Waals surface area contributed by atoms with Crippen molar-refractivity contribution >= 4 is 49.4 Å². The van der Waals surface area contributed by atoms with E-state index in [1.54, 1.807) is 0 Å². The lowest BCUT2D eigenvalue weighted by molar-refractivity contribution is -0.112. The summed E-state index contributed by atoms with van der Waals surface area (Å²) in [4.78, 5) is 16.6. The molecule has 4 rings (SSSR count). The molecule has 0 atom stereocenters. The summed E-state index contributed by atoms with van der Waals surface area (Å²) in [6.07, 6.45) is 3.37. The SMILES string of the molecule is CCS(=O)(=O)c1nsc(NC(=O)/C(C#N)=C\c2cn(CCOc3ccc(C)cc3)c3ccccc23)n1. The number of aryl methyl sites for hydroxylation is 1. The predicted octanol–water partition coefficient (Wildman–Crippen LogP) is 4.22. The summed E-state index contributed by atoms with van der Waals surface area (Å²) in [5, 5.41) is 12.6. The number of benzene rings is 2. The van der Waals surface area contributed by atoms with Crippen molar-refractivity contribution in [1.29, 1.82) is 5.26 Å². The molecule has 4 aromatic rings. The topological polar surface area (TPSA) is 127 Å². The molecule has 0 saturated carbocycles. The zero-order valence-corrected chi connectivity index (χ0v) is 21.3. The molecule has 36 heavy (non-hydrogen) atoms. The van der Waals surface area contributed by atoms with Gasteiger partial charge in [0.25, 0.3) is 11.1 Å². The highest BCUT2D eigenvalue weighted by Gasteiger charge is 2.20. The average Bonchev–Trinajstić information content (AvgIpc) is 3.49. The van der Waals surface area contributed by atoms with Gasteiger partial charge in [0.05, 0.1) is 12.3 Å². The standard InChI is InChI=1S/C25H23N5O4S2/c1-3-36(32,33)25-28-24(35-29-25)27-23(31)18(15-26)14-19-16-30(22-7-5-4-6-21(19)22)12-13-34-20-10-8-17(2)9-11-20/h4-11,14,16H,3,12-13H2,1-2H3,(H,27,28,29,31)/b18-14-. The number of rotatable bonds is 9. The molecule has 0 aliphatic heterocycles. The molecule has 0 aliphatic rings. The van der Waals surface area contributed by atoms with E-state index in [1.807, 2.05) is 72.3 Å². The number of anilines is 1. The Morgan fingerprint density at radius 2 is 1.97 bits per heavy atom. The van der Waals surface area contributed by atoms with Crippen molar-refractivity contribution in [2.45, 2.75) is 25.5 Å². The van der Waals surface area contributed by atoms with Crippen LogP contribution in [0.25, 0.3) is 17.0 Å². The number of sulfone groups is 1. The Morgan fingerprint density at radius 3 is 2.69 bits per heavy atom. The summed E-state index contributed by atoms with van der Waals surface area (Å²) in [5.74, 6) is -0.0681. The number of nitrogens with zero attached hydrogens (tertiary/aromatic N) is 4. The lowest BCUT2D eigenvalue weighted by Crippen LogP contribution is -2.13. The number of para-hydroxylation sites is 1. The second-order valence-corrected chi connectivity index (χ2v) is 10.8. The maximum atomic E-state index is 12.7. The normalized spacial score (nSPS) is 11.9. The summed E-state index contributed by atoms with van der Waals surface area (Å²) < 4.78 is 35.5. The van der Waals surface area contributed by atoms with Gasteiger partial charge in [-0.25, -0.2) is 8.42 Å². The number of amides is 1. The Morgan fingerprint density at radius 1 is 1.22 bits per heavy atom. The van der Waals surface area contributed by atoms with E-state index in [0.29, 0.717) is 18.7 Å². The second-order valence-electron chi connectivity index (χ2n) is 7.87. The summed E-state index contributed by atoms with van der Waals surface area (Å²) in [7, 11) is -3.59. The van der Waals surface area contributed by atoms with Gasteiger partial charge in [-0.05, 0) is 31.2 Å². The van der Waals surface area contributed by atoms with Gasteiger partial charge in [-0.2, -0.15) is 14.6 Å². The Labute approximate surface area is 212 Å². The van der Waals surface area contributed by atoms with Crippen molar-refractivity contribution in [1.82, 2.24) is 13.9 Å². The molecule has 2 aromatic carbocycles. The van der Waals surface area contributed by atoms with Crippen molar-refractivity contribution in [2.75, 3.05) is 17.7 Å². The Kier molecular flexibility index (Phi) is 7.47. The average molecular weight is 522 g/mol. The Hall–Kier alpha value is -4.01. The first-order valence-electron chi connectivity index (χ1n) is 11.1. The van der Waals surface area contributed by atoms with Crippen molar-refractivity contribution < 1.29 is 17.9 Å². The van der Waals surface area contributed by atoms with Crippen LogP contribution in [0.2, 0.25) is 0 Å². The van der Waals surface area contributed by atoms with E-state index in [4.69, 9.17) is 4.74 Å². The number of ether oxygens (including phenoxy) is 1. The Balaban J connectivity index is 1.53. The maximum Gasteiger partial charge on any atom is 0.268 e. The van der Waals surface area contributed by atoms with Crippen LogP contribution in [0, 0.1) is 18.3 Å². The van der Waals surface area contributed by atoms with E-state index in [0.717, 1.165) is 33.7 Å². The van der Waals surface area contributed by atoms with E-state index in [-0.39, 0.29) is 21.6 Å². The van der Waals surface area contributed by atoms with Crippen LogP contribution in [-0.4, -0.2) is 40.6 Å². The maximum absolute atomic E-state index is 12.7. The lowest BCUT2D eigenvalue weighted by Gasteiger charge is -2.08. The molecule has 0 radical (unpaired) electrons. The molecule has 1 N–H and O–H groups in total. The number of nitrogens with one attached hydrogen (secondary N) is 1. The molecule has 0 aliphatic carbocycles. The van der Waals surface area contributed by atoms with Crippen molar-refractivity contribution in [3.63, 3.8) is 0 Å². The summed E-state index contributed by atoms with van der Waals surface area (Å²) >= 11 is 0.742. The molecule has 2 heterocycles. The van der Waals surface area contributed by atoms with Crippen LogP contribution in [0.3, 0.4) is 0 Å². The minimum Gasteiger partial charge on any atom is -0.492 e. The highest BCUT2D eigenvalue weighted by molar-refractivity contribution is 7.91. The molecule has 1 amide bonds. The second kappa shape index (κ2) is 10.7. The number of hydrogen-bond donors (Lipinski definition) is 1. The molecule has 0 spiro atoms. The van der Waals surface area contributed by atoms with Gasteiger partial charge >= 0.3 is 0 Å². The first-order chi connectivity index (χ1) is 17.3. The van der Waals surface area contributed by atoms with Crippen molar-refractivity contribution in [2.24, 2.45) is 0 Å². The molecule has 0 bridgehead atoms. The quantitative estimate of drug-likeness (QED) is 0.258. The van der Waals surface area contributed by atoms with Gasteiger partial charge in [0.1, 0.15) is 24.0 Å². The number of aromatic nitrogens is 3. The van der Waals surface area contributed by atoms with Crippen LogP contribution >= 0.6 is 11.5 Å². The zero-order chi connectivity index (χ0) is 25.7.